The van der Waals surface area contributed by atoms with Gasteiger partial charge in [-0.15, -0.1) is 12.4 Å². The lowest BCUT2D eigenvalue weighted by molar-refractivity contribution is 0.0874. The normalized spacial score (nSPS) is 11.6. The zero-order chi connectivity index (χ0) is 17.7. The molecule has 1 atom stereocenters. The first-order valence-corrected chi connectivity index (χ1v) is 7.87. The van der Waals surface area contributed by atoms with Gasteiger partial charge in [0, 0.05) is 11.1 Å². The van der Waals surface area contributed by atoms with E-state index in [0.717, 1.165) is 5.56 Å². The van der Waals surface area contributed by atoms with Gasteiger partial charge in [0.2, 0.25) is 0 Å². The number of rotatable bonds is 7. The van der Waals surface area contributed by atoms with E-state index in [0.29, 0.717) is 23.3 Å². The molecule has 0 aliphatic carbocycles. The van der Waals surface area contributed by atoms with Crippen LogP contribution in [0, 0.1) is 0 Å². The molecule has 1 unspecified atom stereocenters. The van der Waals surface area contributed by atoms with Crippen molar-refractivity contribution in [3.8, 4) is 5.75 Å². The van der Waals surface area contributed by atoms with Crippen molar-refractivity contribution < 1.29 is 14.3 Å². The number of carbonyl (C=O) groups excluding carboxylic acids is 2. The summed E-state index contributed by atoms with van der Waals surface area (Å²) >= 11 is 0. The molecule has 0 aliphatic rings. The number of ether oxygens (including phenoxy) is 1. The molecule has 0 amide bonds. The number of Topliss-reactive ketones (excluding diaryl/α,β-unsaturated/α-hetero) is 2. The van der Waals surface area contributed by atoms with E-state index >= 15 is 0 Å². The molecule has 2 rings (SSSR count). The number of hydrogen-bond donors (Lipinski definition) is 0. The second-order valence-electron chi connectivity index (χ2n) is 6.00. The fourth-order valence-electron chi connectivity index (χ4n) is 2.67. The number of methoxy groups -OCH3 is 1. The summed E-state index contributed by atoms with van der Waals surface area (Å²) in [5.41, 5.74) is 2.15. The minimum Gasteiger partial charge on any atom is -0.496 e. The third kappa shape index (κ3) is 5.15. The first-order valence-electron chi connectivity index (χ1n) is 7.87. The van der Waals surface area contributed by atoms with E-state index < -0.39 is 0 Å². The average molecular weight is 362 g/mol. The number of ketones is 2. The van der Waals surface area contributed by atoms with Crippen LogP contribution in [-0.2, 0) is 6.42 Å². The molecular formula is C20H24ClNO3. The number of nitrogens with zero attached hydrogens (tertiary/aromatic N) is 1. The van der Waals surface area contributed by atoms with Crippen molar-refractivity contribution in [2.24, 2.45) is 0 Å². The van der Waals surface area contributed by atoms with Gasteiger partial charge in [0.1, 0.15) is 5.75 Å². The van der Waals surface area contributed by atoms with Crippen LogP contribution in [0.2, 0.25) is 0 Å². The molecule has 0 N–H and O–H groups in total. The van der Waals surface area contributed by atoms with Gasteiger partial charge < -0.3 is 4.74 Å². The molecule has 0 aromatic heterocycles. The van der Waals surface area contributed by atoms with Gasteiger partial charge in [0.15, 0.2) is 11.6 Å². The first-order chi connectivity index (χ1) is 11.4. The van der Waals surface area contributed by atoms with Crippen LogP contribution >= 0.6 is 12.4 Å². The van der Waals surface area contributed by atoms with Crippen molar-refractivity contribution in [3.63, 3.8) is 0 Å². The maximum Gasteiger partial charge on any atom is 0.180 e. The van der Waals surface area contributed by atoms with Gasteiger partial charge in [0.25, 0.3) is 0 Å². The summed E-state index contributed by atoms with van der Waals surface area (Å²) in [6, 6.07) is 14.3. The lowest BCUT2D eigenvalue weighted by atomic mass is 9.95. The van der Waals surface area contributed by atoms with E-state index in [1.54, 1.807) is 19.2 Å². The molecule has 0 aliphatic heterocycles. The monoisotopic (exact) mass is 361 g/mol. The van der Waals surface area contributed by atoms with Gasteiger partial charge >= 0.3 is 0 Å². The van der Waals surface area contributed by atoms with E-state index in [1.165, 1.54) is 6.92 Å². The van der Waals surface area contributed by atoms with Crippen molar-refractivity contribution in [1.29, 1.82) is 0 Å². The highest BCUT2D eigenvalue weighted by Crippen LogP contribution is 2.24. The molecule has 2 aromatic carbocycles. The Morgan fingerprint density at radius 1 is 1.04 bits per heavy atom. The van der Waals surface area contributed by atoms with Crippen LogP contribution in [0.25, 0.3) is 0 Å². The Hall–Kier alpha value is -2.17. The molecule has 0 saturated heterocycles. The van der Waals surface area contributed by atoms with E-state index in [1.807, 2.05) is 55.4 Å². The van der Waals surface area contributed by atoms with E-state index in [-0.39, 0.29) is 30.0 Å². The fourth-order valence-corrected chi connectivity index (χ4v) is 2.67. The summed E-state index contributed by atoms with van der Waals surface area (Å²) in [6.45, 7) is 1.53. The van der Waals surface area contributed by atoms with E-state index in [4.69, 9.17) is 4.74 Å². The van der Waals surface area contributed by atoms with Crippen molar-refractivity contribution >= 4 is 24.0 Å². The summed E-state index contributed by atoms with van der Waals surface area (Å²) in [4.78, 5) is 26.4. The highest BCUT2D eigenvalue weighted by molar-refractivity contribution is 6.00. The number of likely N-dealkylation sites (N-methyl/N-ethyl adjacent to an activating group) is 1. The van der Waals surface area contributed by atoms with Crippen molar-refractivity contribution in [2.45, 2.75) is 19.4 Å². The zero-order valence-electron chi connectivity index (χ0n) is 15.0. The van der Waals surface area contributed by atoms with Gasteiger partial charge in [-0.3, -0.25) is 14.5 Å². The van der Waals surface area contributed by atoms with E-state index in [9.17, 15) is 9.59 Å². The van der Waals surface area contributed by atoms with Crippen LogP contribution < -0.4 is 4.74 Å². The SMILES string of the molecule is COc1ccc(C(C)=O)cc1CC(C(=O)c1ccccc1)N(C)C.Cl. The number of carbonyl (C=O) groups is 2. The predicted octanol–water partition coefficient (Wildman–Crippen LogP) is 3.68. The maximum atomic E-state index is 12.9. The van der Waals surface area contributed by atoms with Gasteiger partial charge in [-0.1, -0.05) is 30.3 Å². The molecular weight excluding hydrogens is 338 g/mol. The Morgan fingerprint density at radius 2 is 1.68 bits per heavy atom. The summed E-state index contributed by atoms with van der Waals surface area (Å²) in [7, 11) is 5.36. The predicted molar refractivity (Wildman–Crippen MR) is 102 cm³/mol. The Balaban J connectivity index is 0.00000312. The smallest absolute Gasteiger partial charge is 0.180 e. The number of benzene rings is 2. The first kappa shape index (κ1) is 20.9. The van der Waals surface area contributed by atoms with Crippen molar-refractivity contribution in [1.82, 2.24) is 4.90 Å². The quantitative estimate of drug-likeness (QED) is 0.706. The van der Waals surface area contributed by atoms with Gasteiger partial charge in [-0.2, -0.15) is 0 Å². The molecule has 2 aromatic rings. The molecule has 5 heteroatoms. The third-order valence-electron chi connectivity index (χ3n) is 4.08. The van der Waals surface area contributed by atoms with Crippen LogP contribution in [0.15, 0.2) is 48.5 Å². The van der Waals surface area contributed by atoms with Crippen molar-refractivity contribution in [3.05, 3.63) is 65.2 Å². The molecule has 0 fully saturated rings. The molecule has 25 heavy (non-hydrogen) atoms. The molecule has 0 radical (unpaired) electrons. The number of halogens is 1. The molecule has 134 valence electrons. The van der Waals surface area contributed by atoms with Crippen molar-refractivity contribution in [2.75, 3.05) is 21.2 Å². The van der Waals surface area contributed by atoms with Gasteiger partial charge in [-0.05, 0) is 51.2 Å². The van der Waals surface area contributed by atoms with Crippen LogP contribution in [0.5, 0.6) is 5.75 Å². The Kier molecular flexibility index (Phi) is 7.81. The van der Waals surface area contributed by atoms with Crippen LogP contribution in [0.4, 0.5) is 0 Å². The van der Waals surface area contributed by atoms with E-state index in [2.05, 4.69) is 0 Å². The lowest BCUT2D eigenvalue weighted by Gasteiger charge is -2.24. The second-order valence-corrected chi connectivity index (χ2v) is 6.00. The van der Waals surface area contributed by atoms with Crippen LogP contribution in [0.1, 0.15) is 33.2 Å². The Bertz CT molecular complexity index is 729. The molecule has 0 bridgehead atoms. The van der Waals surface area contributed by atoms with Crippen LogP contribution in [0.3, 0.4) is 0 Å². The Labute approximate surface area is 155 Å². The number of hydrogen-bond acceptors (Lipinski definition) is 4. The Morgan fingerprint density at radius 3 is 2.20 bits per heavy atom. The zero-order valence-corrected chi connectivity index (χ0v) is 15.8. The maximum absolute atomic E-state index is 12.9. The standard InChI is InChI=1S/C20H23NO3.ClH/c1-14(22)16-10-11-19(24-4)17(12-16)13-18(21(2)3)20(23)15-8-6-5-7-9-15;/h5-12,18H,13H2,1-4H3;1H. The molecule has 0 heterocycles. The minimum atomic E-state index is -0.330. The topological polar surface area (TPSA) is 46.6 Å². The molecule has 4 nitrogen and oxygen atoms in total. The summed E-state index contributed by atoms with van der Waals surface area (Å²) < 4.78 is 5.41. The van der Waals surface area contributed by atoms with Crippen LogP contribution in [-0.4, -0.2) is 43.7 Å². The summed E-state index contributed by atoms with van der Waals surface area (Å²) in [5, 5.41) is 0. The molecule has 0 saturated carbocycles. The lowest BCUT2D eigenvalue weighted by Crippen LogP contribution is -2.37. The average Bonchev–Trinajstić information content (AvgIpc) is 2.59. The molecule has 0 spiro atoms. The second kappa shape index (κ2) is 9.35. The van der Waals surface area contributed by atoms with Gasteiger partial charge in [-0.25, -0.2) is 0 Å². The third-order valence-corrected chi connectivity index (χ3v) is 4.08. The largest absolute Gasteiger partial charge is 0.496 e. The highest BCUT2D eigenvalue weighted by Gasteiger charge is 2.24. The fraction of sp³-hybridized carbons (Fsp3) is 0.300. The summed E-state index contributed by atoms with van der Waals surface area (Å²) in [6.07, 6.45) is 0.477. The van der Waals surface area contributed by atoms with Gasteiger partial charge in [0.05, 0.1) is 13.2 Å². The summed E-state index contributed by atoms with van der Waals surface area (Å²) in [5.74, 6) is 0.735. The highest BCUT2D eigenvalue weighted by atomic mass is 35.5. The minimum absolute atomic E-state index is 0.